The summed E-state index contributed by atoms with van der Waals surface area (Å²) >= 11 is 0. The standard InChI is InChI=1S/C33H40N2O4/c1-5-16-34-17-15-32-29-24-10-11-26(36)30(29)39-31(32)25(13-14-33(32,38)27(34)19-24)35(20-21(2)3)28(37)12-9-23-8-6-7-22(4)18-23/h5-12,18,21,25,27,31,36,38H,1,13-17,19-20H2,2-4H3/t25-,27+,31-,32-,33+/m0/s1. The third-order valence-corrected chi connectivity index (χ3v) is 9.61. The van der Waals surface area contributed by atoms with Crippen molar-refractivity contribution in [3.63, 3.8) is 0 Å². The Bertz CT molecular complexity index is 1330. The fraction of sp³-hybridized carbons (Fsp3) is 0.485. The van der Waals surface area contributed by atoms with Crippen molar-refractivity contribution in [1.29, 1.82) is 0 Å². The number of amides is 1. The number of hydrogen-bond acceptors (Lipinski definition) is 5. The Hall–Kier alpha value is -3.09. The number of phenolic OH excluding ortho intramolecular Hbond substituents is 1. The molecule has 4 aliphatic rings. The van der Waals surface area contributed by atoms with Crippen LogP contribution < -0.4 is 4.74 Å². The Kier molecular flexibility index (Phi) is 6.39. The number of carbonyl (C=O) groups is 1. The van der Waals surface area contributed by atoms with Crippen LogP contribution in [0.4, 0.5) is 0 Å². The van der Waals surface area contributed by atoms with Gasteiger partial charge in [-0.2, -0.15) is 0 Å². The first-order chi connectivity index (χ1) is 18.7. The molecule has 1 saturated heterocycles. The molecule has 2 aromatic carbocycles. The molecular formula is C33H40N2O4. The Balaban J connectivity index is 1.42. The molecule has 6 rings (SSSR count). The van der Waals surface area contributed by atoms with Crippen molar-refractivity contribution in [2.45, 2.75) is 75.7 Å². The van der Waals surface area contributed by atoms with E-state index in [0.29, 0.717) is 38.0 Å². The van der Waals surface area contributed by atoms with Crippen molar-refractivity contribution < 1.29 is 19.7 Å². The SMILES string of the molecule is C=CCN1CC[C@]23c4c5ccc(O)c4O[C@H]2[C@@H](N(CC(C)C)C(=O)C=Cc2cccc(C)c2)CC[C@@]3(O)[C@H]1C5. The van der Waals surface area contributed by atoms with E-state index in [0.717, 1.165) is 35.3 Å². The second-order valence-electron chi connectivity index (χ2n) is 12.4. The summed E-state index contributed by atoms with van der Waals surface area (Å²) in [4.78, 5) is 18.2. The van der Waals surface area contributed by atoms with Gasteiger partial charge in [-0.3, -0.25) is 9.69 Å². The van der Waals surface area contributed by atoms with Crippen molar-refractivity contribution in [3.8, 4) is 11.5 Å². The maximum absolute atomic E-state index is 13.9. The van der Waals surface area contributed by atoms with E-state index in [9.17, 15) is 15.0 Å². The molecule has 1 saturated carbocycles. The molecule has 1 spiro atoms. The summed E-state index contributed by atoms with van der Waals surface area (Å²) in [6.45, 7) is 12.4. The maximum Gasteiger partial charge on any atom is 0.246 e. The Morgan fingerprint density at radius 3 is 2.85 bits per heavy atom. The number of carbonyl (C=O) groups excluding carboxylic acids is 1. The van der Waals surface area contributed by atoms with Crippen LogP contribution in [0.2, 0.25) is 0 Å². The van der Waals surface area contributed by atoms with Gasteiger partial charge in [0.1, 0.15) is 6.10 Å². The lowest BCUT2D eigenvalue weighted by atomic mass is 9.48. The van der Waals surface area contributed by atoms with Crippen LogP contribution in [0, 0.1) is 12.8 Å². The van der Waals surface area contributed by atoms with Gasteiger partial charge in [0.15, 0.2) is 11.5 Å². The normalized spacial score (nSPS) is 30.7. The van der Waals surface area contributed by atoms with Gasteiger partial charge in [0.25, 0.3) is 0 Å². The lowest BCUT2D eigenvalue weighted by Gasteiger charge is -2.64. The highest BCUT2D eigenvalue weighted by Crippen LogP contribution is 2.65. The molecule has 0 unspecified atom stereocenters. The highest BCUT2D eigenvalue weighted by Gasteiger charge is 2.73. The van der Waals surface area contributed by atoms with Crippen LogP contribution in [0.1, 0.15) is 55.4 Å². The molecular weight excluding hydrogens is 488 g/mol. The molecule has 2 heterocycles. The monoisotopic (exact) mass is 528 g/mol. The minimum atomic E-state index is -1.01. The number of nitrogens with zero attached hydrogens (tertiary/aromatic N) is 2. The van der Waals surface area contributed by atoms with E-state index in [4.69, 9.17) is 4.74 Å². The van der Waals surface area contributed by atoms with Crippen LogP contribution in [-0.4, -0.2) is 69.3 Å². The van der Waals surface area contributed by atoms with Crippen LogP contribution in [0.25, 0.3) is 6.08 Å². The van der Waals surface area contributed by atoms with Crippen molar-refractivity contribution >= 4 is 12.0 Å². The first-order valence-electron chi connectivity index (χ1n) is 14.3. The molecule has 6 heteroatoms. The summed E-state index contributed by atoms with van der Waals surface area (Å²) in [7, 11) is 0. The summed E-state index contributed by atoms with van der Waals surface area (Å²) < 4.78 is 6.71. The topological polar surface area (TPSA) is 73.2 Å². The molecule has 5 atom stereocenters. The molecule has 0 radical (unpaired) electrons. The van der Waals surface area contributed by atoms with Gasteiger partial charge < -0.3 is 19.8 Å². The van der Waals surface area contributed by atoms with Gasteiger partial charge in [-0.25, -0.2) is 0 Å². The van der Waals surface area contributed by atoms with Crippen molar-refractivity contribution in [2.75, 3.05) is 19.6 Å². The predicted octanol–water partition coefficient (Wildman–Crippen LogP) is 4.61. The van der Waals surface area contributed by atoms with Gasteiger partial charge in [0.2, 0.25) is 5.91 Å². The van der Waals surface area contributed by atoms with Crippen LogP contribution in [0.5, 0.6) is 11.5 Å². The number of hydrogen-bond donors (Lipinski definition) is 2. The minimum absolute atomic E-state index is 0.0440. The summed E-state index contributed by atoms with van der Waals surface area (Å²) in [6, 6.07) is 11.6. The minimum Gasteiger partial charge on any atom is -0.504 e. The molecule has 2 aliphatic heterocycles. The second-order valence-corrected chi connectivity index (χ2v) is 12.4. The first kappa shape index (κ1) is 26.1. The smallest absolute Gasteiger partial charge is 0.246 e. The maximum atomic E-state index is 13.9. The highest BCUT2D eigenvalue weighted by molar-refractivity contribution is 5.92. The quantitative estimate of drug-likeness (QED) is 0.406. The zero-order valence-corrected chi connectivity index (χ0v) is 23.3. The van der Waals surface area contributed by atoms with E-state index in [1.54, 1.807) is 12.1 Å². The number of piperidine rings is 1. The molecule has 2 aromatic rings. The fourth-order valence-electron chi connectivity index (χ4n) is 8.13. The number of aromatic hydroxyl groups is 1. The van der Waals surface area contributed by atoms with Gasteiger partial charge in [0, 0.05) is 30.8 Å². The zero-order chi connectivity index (χ0) is 27.5. The number of phenols is 1. The van der Waals surface area contributed by atoms with Crippen LogP contribution >= 0.6 is 0 Å². The Labute approximate surface area is 231 Å². The summed E-state index contributed by atoms with van der Waals surface area (Å²) in [5.74, 6) is 0.843. The number of aliphatic hydroxyl groups is 1. The van der Waals surface area contributed by atoms with Crippen LogP contribution in [0.3, 0.4) is 0 Å². The van der Waals surface area contributed by atoms with Crippen molar-refractivity contribution in [1.82, 2.24) is 9.80 Å². The lowest BCUT2D eigenvalue weighted by Crippen LogP contribution is -2.78. The van der Waals surface area contributed by atoms with Gasteiger partial charge in [-0.15, -0.1) is 6.58 Å². The number of ether oxygens (including phenoxy) is 1. The molecule has 39 heavy (non-hydrogen) atoms. The molecule has 6 nitrogen and oxygen atoms in total. The first-order valence-corrected chi connectivity index (χ1v) is 14.3. The molecule has 2 aliphatic carbocycles. The van der Waals surface area contributed by atoms with E-state index < -0.39 is 17.1 Å². The van der Waals surface area contributed by atoms with E-state index in [2.05, 4.69) is 31.4 Å². The molecule has 2 N–H and O–H groups in total. The van der Waals surface area contributed by atoms with E-state index in [-0.39, 0.29) is 29.7 Å². The molecule has 1 amide bonds. The molecule has 2 fully saturated rings. The summed E-state index contributed by atoms with van der Waals surface area (Å²) in [5.41, 5.74) is 2.57. The van der Waals surface area contributed by atoms with Crippen molar-refractivity contribution in [2.24, 2.45) is 5.92 Å². The van der Waals surface area contributed by atoms with Gasteiger partial charge in [0.05, 0.1) is 17.1 Å². The van der Waals surface area contributed by atoms with Crippen LogP contribution in [-0.2, 0) is 16.6 Å². The predicted molar refractivity (Wildman–Crippen MR) is 153 cm³/mol. The molecule has 2 bridgehead atoms. The summed E-state index contributed by atoms with van der Waals surface area (Å²) in [5, 5.41) is 23.6. The van der Waals surface area contributed by atoms with Gasteiger partial charge >= 0.3 is 0 Å². The fourth-order valence-corrected chi connectivity index (χ4v) is 8.13. The number of aryl methyl sites for hydroxylation is 1. The molecule has 206 valence electrons. The number of likely N-dealkylation sites (tertiary alicyclic amines) is 1. The largest absolute Gasteiger partial charge is 0.504 e. The van der Waals surface area contributed by atoms with E-state index in [1.165, 1.54) is 0 Å². The Morgan fingerprint density at radius 1 is 1.28 bits per heavy atom. The third-order valence-electron chi connectivity index (χ3n) is 9.61. The average molecular weight is 529 g/mol. The van der Waals surface area contributed by atoms with Crippen molar-refractivity contribution in [3.05, 3.63) is 77.4 Å². The highest BCUT2D eigenvalue weighted by atomic mass is 16.5. The van der Waals surface area contributed by atoms with Gasteiger partial charge in [-0.05, 0) is 68.3 Å². The Morgan fingerprint density at radius 2 is 2.10 bits per heavy atom. The van der Waals surface area contributed by atoms with E-state index >= 15 is 0 Å². The van der Waals surface area contributed by atoms with E-state index in [1.807, 2.05) is 48.2 Å². The number of benzene rings is 2. The molecule has 0 aromatic heterocycles. The van der Waals surface area contributed by atoms with Gasteiger partial charge in [-0.1, -0.05) is 55.8 Å². The zero-order valence-electron chi connectivity index (χ0n) is 23.3. The second kappa shape index (κ2) is 9.53. The average Bonchev–Trinajstić information content (AvgIpc) is 3.25. The van der Waals surface area contributed by atoms with Crippen LogP contribution in [0.15, 0.2) is 55.1 Å². The lowest BCUT2D eigenvalue weighted by molar-refractivity contribution is -0.199. The number of rotatable bonds is 7. The third kappa shape index (κ3) is 3.86. The summed E-state index contributed by atoms with van der Waals surface area (Å²) in [6.07, 6.45) is 7.69.